The molecule has 2 amide bonds. The lowest BCUT2D eigenvalue weighted by molar-refractivity contribution is -0.164. The molecule has 3 unspecified atom stereocenters. The first kappa shape index (κ1) is 52.2. The second-order valence-electron chi connectivity index (χ2n) is 18.4. The largest absolute Gasteiger partial charge is 0.480 e. The van der Waals surface area contributed by atoms with Crippen LogP contribution in [-0.2, 0) is 23.9 Å². The molecule has 0 spiro atoms. The Bertz CT molecular complexity index is 1320. The first-order valence-electron chi connectivity index (χ1n) is 23.6. The molecule has 5 N–H and O–H groups in total. The third-order valence-electron chi connectivity index (χ3n) is 12.6. The van der Waals surface area contributed by atoms with E-state index in [-0.39, 0.29) is 60.9 Å². The number of aliphatic carboxylic acids is 1. The summed E-state index contributed by atoms with van der Waals surface area (Å²) in [5.41, 5.74) is 0.606. The van der Waals surface area contributed by atoms with E-state index in [0.29, 0.717) is 45.1 Å². The fraction of sp³-hybridized carbons (Fsp3) is 0.796. The summed E-state index contributed by atoms with van der Waals surface area (Å²) in [5.74, 6) is -1.26. The van der Waals surface area contributed by atoms with Crippen molar-refractivity contribution in [2.75, 3.05) is 6.54 Å². The number of ether oxygens (including phenoxy) is 1. The van der Waals surface area contributed by atoms with Crippen LogP contribution in [0.2, 0.25) is 0 Å². The van der Waals surface area contributed by atoms with Gasteiger partial charge in [0, 0.05) is 18.9 Å². The van der Waals surface area contributed by atoms with Crippen molar-refractivity contribution < 1.29 is 39.2 Å². The van der Waals surface area contributed by atoms with Gasteiger partial charge in [0.05, 0.1) is 24.0 Å². The molecule has 10 nitrogen and oxygen atoms in total. The second kappa shape index (κ2) is 29.3. The number of carbonyl (C=O) groups is 4. The fourth-order valence-corrected chi connectivity index (χ4v) is 8.43. The summed E-state index contributed by atoms with van der Waals surface area (Å²) in [6.07, 6.45) is 28.8. The van der Waals surface area contributed by atoms with Crippen molar-refractivity contribution in [3.05, 3.63) is 36.0 Å². The number of amides is 2. The van der Waals surface area contributed by atoms with Crippen LogP contribution in [0.25, 0.3) is 0 Å². The Balaban J connectivity index is 1.63. The van der Waals surface area contributed by atoms with Gasteiger partial charge in [0.2, 0.25) is 11.8 Å². The Hall–Kier alpha value is -2.98. The van der Waals surface area contributed by atoms with E-state index in [1.54, 1.807) is 0 Å². The molecule has 2 aliphatic carbocycles. The van der Waals surface area contributed by atoms with Gasteiger partial charge in [0.1, 0.15) is 12.1 Å². The number of aliphatic hydroxyl groups is 2. The number of fused-ring (bicyclic) bond motifs is 1. The number of hydrogen-bond donors (Lipinski definition) is 5. The van der Waals surface area contributed by atoms with Gasteiger partial charge in [-0.2, -0.15) is 0 Å². The van der Waals surface area contributed by atoms with Crippen LogP contribution in [0, 0.1) is 29.1 Å². The monoisotopic (exact) mass is 829 g/mol. The highest BCUT2D eigenvalue weighted by Gasteiger charge is 2.43. The maximum atomic E-state index is 13.1. The highest BCUT2D eigenvalue weighted by Crippen LogP contribution is 2.45. The number of rotatable bonds is 32. The summed E-state index contributed by atoms with van der Waals surface area (Å²) in [4.78, 5) is 50.0. The predicted molar refractivity (Wildman–Crippen MR) is 237 cm³/mol. The lowest BCUT2D eigenvalue weighted by Crippen LogP contribution is -2.43. The van der Waals surface area contributed by atoms with E-state index in [4.69, 9.17) is 4.74 Å². The molecule has 0 aliphatic heterocycles. The van der Waals surface area contributed by atoms with E-state index in [1.165, 1.54) is 63.4 Å². The number of hydrogen-bond acceptors (Lipinski definition) is 7. The third-order valence-corrected chi connectivity index (χ3v) is 12.6. The summed E-state index contributed by atoms with van der Waals surface area (Å²) in [7, 11) is 0. The van der Waals surface area contributed by atoms with Gasteiger partial charge in [0.15, 0.2) is 0 Å². The van der Waals surface area contributed by atoms with Gasteiger partial charge in [-0.3, -0.25) is 14.4 Å². The van der Waals surface area contributed by atoms with Crippen molar-refractivity contribution in [1.29, 1.82) is 0 Å². The zero-order valence-corrected chi connectivity index (χ0v) is 37.9. The van der Waals surface area contributed by atoms with Crippen LogP contribution in [0.5, 0.6) is 0 Å². The average Bonchev–Trinajstić information content (AvgIpc) is 3.18. The number of unbranched alkanes of at least 4 members (excludes halogenated alkanes) is 12. The minimum absolute atomic E-state index is 0.00764. The van der Waals surface area contributed by atoms with Gasteiger partial charge in [-0.1, -0.05) is 109 Å². The normalized spacial score (nSPS) is 22.0. The molecule has 0 radical (unpaired) electrons. The number of aliphatic hydroxyl groups excluding tert-OH is 2. The number of allylic oxidation sites excluding steroid dienone is 5. The minimum Gasteiger partial charge on any atom is -0.480 e. The number of carboxylic acids is 1. The first-order valence-corrected chi connectivity index (χ1v) is 23.6. The zero-order chi connectivity index (χ0) is 43.6. The topological polar surface area (TPSA) is 162 Å². The minimum atomic E-state index is -1.15. The number of nitrogens with one attached hydrogen (secondary N) is 2. The Morgan fingerprint density at radius 1 is 0.847 bits per heavy atom. The molecule has 0 aromatic heterocycles. The van der Waals surface area contributed by atoms with Crippen LogP contribution in [0.15, 0.2) is 36.0 Å². The fourth-order valence-electron chi connectivity index (χ4n) is 8.43. The highest BCUT2D eigenvalue weighted by molar-refractivity contribution is 5.83. The molecule has 8 atom stereocenters. The standard InChI is InChI=1S/C49H84N2O8/c1-7-9-10-11-12-13-14-15-16-17-18-19-20-21-22-26-44(54)50-31-24-23-25-42(47(56)57)51-45(55)35-40(53)34-39(52)29-30-41-37(4)27-28-38-32-36(3)33-43(46(38)41)59-48(58)49(5,6)8-2/h15-16,27-28,32,36-37,39-43,46,52-53H,7-14,17-26,29-31,33-35H2,1-6H3,(H,50,54)(H,51,55)(H,56,57)/t36-,37-,39-,40+,41-,42?,43?,46?/m0/s1. The van der Waals surface area contributed by atoms with E-state index >= 15 is 0 Å². The van der Waals surface area contributed by atoms with Crippen LogP contribution in [0.3, 0.4) is 0 Å². The van der Waals surface area contributed by atoms with Crippen molar-refractivity contribution in [3.63, 3.8) is 0 Å². The van der Waals surface area contributed by atoms with Gasteiger partial charge in [-0.25, -0.2) is 4.79 Å². The summed E-state index contributed by atoms with van der Waals surface area (Å²) in [5, 5.41) is 36.8. The third kappa shape index (κ3) is 21.4. The smallest absolute Gasteiger partial charge is 0.326 e. The van der Waals surface area contributed by atoms with E-state index in [9.17, 15) is 34.5 Å². The molecule has 0 aromatic rings. The van der Waals surface area contributed by atoms with E-state index in [1.807, 2.05) is 20.8 Å². The molecule has 0 saturated carbocycles. The van der Waals surface area contributed by atoms with Gasteiger partial charge in [-0.15, -0.1) is 0 Å². The van der Waals surface area contributed by atoms with Gasteiger partial charge < -0.3 is 30.7 Å². The molecule has 0 aromatic carbocycles. The maximum Gasteiger partial charge on any atom is 0.326 e. The summed E-state index contributed by atoms with van der Waals surface area (Å²) in [6, 6.07) is -1.10. The molecule has 0 fully saturated rings. The maximum absolute atomic E-state index is 13.1. The number of carbonyl (C=O) groups excluding carboxylic acids is 3. The van der Waals surface area contributed by atoms with Crippen molar-refractivity contribution in [1.82, 2.24) is 10.6 Å². The summed E-state index contributed by atoms with van der Waals surface area (Å²) >= 11 is 0. The number of esters is 1. The Kier molecular flexibility index (Phi) is 25.9. The quantitative estimate of drug-likeness (QED) is 0.0254. The second-order valence-corrected chi connectivity index (χ2v) is 18.4. The van der Waals surface area contributed by atoms with Crippen molar-refractivity contribution in [3.8, 4) is 0 Å². The van der Waals surface area contributed by atoms with Crippen LogP contribution in [0.1, 0.15) is 189 Å². The van der Waals surface area contributed by atoms with Crippen molar-refractivity contribution >= 4 is 23.8 Å². The molecule has 2 rings (SSSR count). The first-order chi connectivity index (χ1) is 28.2. The van der Waals surface area contributed by atoms with E-state index < -0.39 is 35.5 Å². The zero-order valence-electron chi connectivity index (χ0n) is 37.9. The predicted octanol–water partition coefficient (Wildman–Crippen LogP) is 9.91. The summed E-state index contributed by atoms with van der Waals surface area (Å²) < 4.78 is 6.20. The average molecular weight is 829 g/mol. The van der Waals surface area contributed by atoms with E-state index in [0.717, 1.165) is 32.1 Å². The Morgan fingerprint density at radius 2 is 1.49 bits per heavy atom. The molecule has 0 heterocycles. The highest BCUT2D eigenvalue weighted by atomic mass is 16.5. The van der Waals surface area contributed by atoms with Gasteiger partial charge >= 0.3 is 11.9 Å². The molecular weight excluding hydrogens is 745 g/mol. The lowest BCUT2D eigenvalue weighted by Gasteiger charge is -2.44. The molecule has 10 heteroatoms. The van der Waals surface area contributed by atoms with Crippen LogP contribution in [0.4, 0.5) is 0 Å². The van der Waals surface area contributed by atoms with Crippen LogP contribution < -0.4 is 10.6 Å². The van der Waals surface area contributed by atoms with Crippen LogP contribution >= 0.6 is 0 Å². The van der Waals surface area contributed by atoms with Crippen molar-refractivity contribution in [2.45, 2.75) is 214 Å². The molecular formula is C49H84N2O8. The molecule has 0 bridgehead atoms. The molecule has 338 valence electrons. The molecule has 0 saturated heterocycles. The van der Waals surface area contributed by atoms with Crippen LogP contribution in [-0.4, -0.2) is 70.0 Å². The SMILES string of the molecule is CCCCCCCCC=CCCCCCCCC(=O)NCCCCC(NC(=O)C[C@H](O)C[C@@H](O)CC[C@@H]1C2C(=C[C@H](C)CC2OC(=O)C(C)(C)CC)C=C[C@@H]1C)C(=O)O. The lowest BCUT2D eigenvalue weighted by atomic mass is 9.65. The Labute approximate surface area is 357 Å². The van der Waals surface area contributed by atoms with Gasteiger partial charge in [-0.05, 0) is 121 Å². The summed E-state index contributed by atoms with van der Waals surface area (Å²) in [6.45, 7) is 12.8. The molecule has 59 heavy (non-hydrogen) atoms. The Morgan fingerprint density at radius 3 is 2.14 bits per heavy atom. The number of carboxylic acid groups (broad SMARTS) is 1. The van der Waals surface area contributed by atoms with Gasteiger partial charge in [0.25, 0.3) is 0 Å². The van der Waals surface area contributed by atoms with E-state index in [2.05, 4.69) is 61.8 Å². The van der Waals surface area contributed by atoms with Crippen molar-refractivity contribution in [2.24, 2.45) is 29.1 Å². The molecule has 2 aliphatic rings.